The lowest BCUT2D eigenvalue weighted by molar-refractivity contribution is -0.131. The molecular formula is C12H23NO2. The van der Waals surface area contributed by atoms with Crippen molar-refractivity contribution in [1.82, 2.24) is 5.32 Å². The van der Waals surface area contributed by atoms with Crippen molar-refractivity contribution in [3.05, 3.63) is 0 Å². The van der Waals surface area contributed by atoms with Gasteiger partial charge >= 0.3 is 0 Å². The highest BCUT2D eigenvalue weighted by molar-refractivity contribution is 5.90. The minimum absolute atomic E-state index is 0.0372. The molecule has 0 bridgehead atoms. The predicted octanol–water partition coefficient (Wildman–Crippen LogP) is 2.01. The monoisotopic (exact) mass is 213 g/mol. The Morgan fingerprint density at radius 3 is 1.60 bits per heavy atom. The summed E-state index contributed by atoms with van der Waals surface area (Å²) in [6.45, 7) is 11.3. The highest BCUT2D eigenvalue weighted by atomic mass is 16.2. The van der Waals surface area contributed by atoms with E-state index in [4.69, 9.17) is 0 Å². The van der Waals surface area contributed by atoms with Crippen LogP contribution in [-0.2, 0) is 9.59 Å². The first-order valence-corrected chi connectivity index (χ1v) is 5.61. The van der Waals surface area contributed by atoms with Crippen LogP contribution in [0.4, 0.5) is 0 Å². The minimum atomic E-state index is -0.347. The predicted molar refractivity (Wildman–Crippen MR) is 61.5 cm³/mol. The number of nitrogens with one attached hydrogen (secondary N) is 1. The van der Waals surface area contributed by atoms with E-state index in [9.17, 15) is 9.59 Å². The lowest BCUT2D eigenvalue weighted by Crippen LogP contribution is -2.47. The number of hydrogen-bond donors (Lipinski definition) is 1. The molecule has 0 spiro atoms. The first-order valence-electron chi connectivity index (χ1n) is 5.61. The second kappa shape index (κ2) is 5.89. The average Bonchev–Trinajstić information content (AvgIpc) is 2.11. The van der Waals surface area contributed by atoms with E-state index >= 15 is 0 Å². The molecule has 1 amide bonds. The lowest BCUT2D eigenvalue weighted by Gasteiger charge is -2.23. The van der Waals surface area contributed by atoms with E-state index < -0.39 is 0 Å². The van der Waals surface area contributed by atoms with Gasteiger partial charge in [-0.15, -0.1) is 0 Å². The van der Waals surface area contributed by atoms with Crippen LogP contribution >= 0.6 is 0 Å². The Bertz CT molecular complexity index is 232. The summed E-state index contributed by atoms with van der Waals surface area (Å²) in [4.78, 5) is 23.3. The summed E-state index contributed by atoms with van der Waals surface area (Å²) in [6.07, 6.45) is 0. The highest BCUT2D eigenvalue weighted by Crippen LogP contribution is 2.10. The van der Waals surface area contributed by atoms with Crippen molar-refractivity contribution in [3.8, 4) is 0 Å². The van der Waals surface area contributed by atoms with E-state index in [2.05, 4.69) is 5.32 Å². The summed E-state index contributed by atoms with van der Waals surface area (Å²) in [6, 6.07) is -0.347. The Morgan fingerprint density at radius 2 is 1.33 bits per heavy atom. The fourth-order valence-corrected chi connectivity index (χ4v) is 1.25. The zero-order chi connectivity index (χ0) is 12.2. The van der Waals surface area contributed by atoms with Crippen LogP contribution in [0.5, 0.6) is 0 Å². The van der Waals surface area contributed by atoms with E-state index in [0.717, 1.165) is 0 Å². The van der Waals surface area contributed by atoms with E-state index in [0.29, 0.717) is 0 Å². The van der Waals surface area contributed by atoms with Crippen LogP contribution in [0.1, 0.15) is 41.5 Å². The van der Waals surface area contributed by atoms with Crippen LogP contribution < -0.4 is 5.32 Å². The molecule has 0 aromatic rings. The van der Waals surface area contributed by atoms with Crippen molar-refractivity contribution in [2.24, 2.45) is 17.8 Å². The van der Waals surface area contributed by atoms with Crippen LogP contribution in [0, 0.1) is 17.8 Å². The van der Waals surface area contributed by atoms with Crippen LogP contribution in [0.15, 0.2) is 0 Å². The van der Waals surface area contributed by atoms with Crippen molar-refractivity contribution in [1.29, 1.82) is 0 Å². The second-order valence-corrected chi connectivity index (χ2v) is 4.94. The molecule has 0 aliphatic rings. The fraction of sp³-hybridized carbons (Fsp3) is 0.833. The van der Waals surface area contributed by atoms with Gasteiger partial charge in [0.05, 0.1) is 6.04 Å². The maximum absolute atomic E-state index is 11.8. The molecule has 3 heteroatoms. The van der Waals surface area contributed by atoms with Gasteiger partial charge in [0.15, 0.2) is 5.78 Å². The fourth-order valence-electron chi connectivity index (χ4n) is 1.25. The summed E-state index contributed by atoms with van der Waals surface area (Å²) in [5, 5.41) is 2.81. The van der Waals surface area contributed by atoms with Gasteiger partial charge in [-0.2, -0.15) is 0 Å². The molecule has 0 aliphatic heterocycles. The van der Waals surface area contributed by atoms with Gasteiger partial charge in [0, 0.05) is 11.8 Å². The maximum atomic E-state index is 11.8. The van der Waals surface area contributed by atoms with E-state index in [1.54, 1.807) is 0 Å². The topological polar surface area (TPSA) is 46.2 Å². The molecule has 0 rings (SSSR count). The summed E-state index contributed by atoms with van der Waals surface area (Å²) in [7, 11) is 0. The van der Waals surface area contributed by atoms with Gasteiger partial charge in [-0.3, -0.25) is 9.59 Å². The maximum Gasteiger partial charge on any atom is 0.223 e. The van der Waals surface area contributed by atoms with E-state index in [1.165, 1.54) is 0 Å². The molecule has 0 saturated carbocycles. The zero-order valence-electron chi connectivity index (χ0n) is 10.6. The molecule has 0 aliphatic carbocycles. The summed E-state index contributed by atoms with van der Waals surface area (Å²) in [5.74, 6) is 0.0837. The molecule has 0 fully saturated rings. The smallest absolute Gasteiger partial charge is 0.223 e. The van der Waals surface area contributed by atoms with Gasteiger partial charge in [0.1, 0.15) is 0 Å². The van der Waals surface area contributed by atoms with Gasteiger partial charge in [0.2, 0.25) is 5.91 Å². The number of ketones is 1. The molecule has 15 heavy (non-hydrogen) atoms. The van der Waals surface area contributed by atoms with Crippen molar-refractivity contribution in [2.45, 2.75) is 47.6 Å². The highest BCUT2D eigenvalue weighted by Gasteiger charge is 2.26. The van der Waals surface area contributed by atoms with Gasteiger partial charge in [-0.05, 0) is 5.92 Å². The zero-order valence-corrected chi connectivity index (χ0v) is 10.6. The van der Waals surface area contributed by atoms with Crippen molar-refractivity contribution in [2.75, 3.05) is 0 Å². The number of amides is 1. The molecule has 1 atom stereocenters. The largest absolute Gasteiger partial charge is 0.346 e. The third kappa shape index (κ3) is 4.45. The van der Waals surface area contributed by atoms with E-state index in [1.807, 2.05) is 41.5 Å². The molecule has 88 valence electrons. The average molecular weight is 213 g/mol. The van der Waals surface area contributed by atoms with Crippen molar-refractivity contribution < 1.29 is 9.59 Å². The molecular weight excluding hydrogens is 190 g/mol. The molecule has 3 nitrogen and oxygen atoms in total. The second-order valence-electron chi connectivity index (χ2n) is 4.94. The van der Waals surface area contributed by atoms with E-state index in [-0.39, 0.29) is 35.5 Å². The number of carbonyl (C=O) groups excluding carboxylic acids is 2. The number of rotatable bonds is 5. The standard InChI is InChI=1S/C12H23NO2/c1-7(2)10(11(14)8(3)4)13-12(15)9(5)6/h7-10H,1-6H3,(H,13,15). The van der Waals surface area contributed by atoms with Gasteiger partial charge in [-0.1, -0.05) is 41.5 Å². The number of hydrogen-bond acceptors (Lipinski definition) is 2. The van der Waals surface area contributed by atoms with Gasteiger partial charge in [0.25, 0.3) is 0 Å². The Labute approximate surface area is 92.6 Å². The summed E-state index contributed by atoms with van der Waals surface area (Å²) in [5.41, 5.74) is 0. The molecule has 0 radical (unpaired) electrons. The van der Waals surface area contributed by atoms with Gasteiger partial charge in [-0.25, -0.2) is 0 Å². The van der Waals surface area contributed by atoms with Crippen molar-refractivity contribution >= 4 is 11.7 Å². The van der Waals surface area contributed by atoms with Crippen molar-refractivity contribution in [3.63, 3.8) is 0 Å². The lowest BCUT2D eigenvalue weighted by atomic mass is 9.92. The quantitative estimate of drug-likeness (QED) is 0.759. The minimum Gasteiger partial charge on any atom is -0.346 e. The Kier molecular flexibility index (Phi) is 5.55. The molecule has 0 aromatic carbocycles. The normalized spacial score (nSPS) is 13.4. The third-order valence-electron chi connectivity index (χ3n) is 2.36. The number of carbonyl (C=O) groups is 2. The molecule has 0 aromatic heterocycles. The first-order chi connectivity index (χ1) is 6.77. The Hall–Kier alpha value is -0.860. The van der Waals surface area contributed by atoms with Crippen LogP contribution in [0.25, 0.3) is 0 Å². The Morgan fingerprint density at radius 1 is 0.867 bits per heavy atom. The summed E-state index contributed by atoms with van der Waals surface area (Å²) < 4.78 is 0. The molecule has 0 heterocycles. The van der Waals surface area contributed by atoms with Crippen LogP contribution in [-0.4, -0.2) is 17.7 Å². The first kappa shape index (κ1) is 14.1. The third-order valence-corrected chi connectivity index (χ3v) is 2.36. The van der Waals surface area contributed by atoms with Gasteiger partial charge < -0.3 is 5.32 Å². The Balaban J connectivity index is 4.56. The molecule has 1 N–H and O–H groups in total. The molecule has 1 unspecified atom stereocenters. The summed E-state index contributed by atoms with van der Waals surface area (Å²) >= 11 is 0. The van der Waals surface area contributed by atoms with Crippen LogP contribution in [0.2, 0.25) is 0 Å². The number of Topliss-reactive ketones (excluding diaryl/α,β-unsaturated/α-hetero) is 1. The van der Waals surface area contributed by atoms with Crippen LogP contribution in [0.3, 0.4) is 0 Å². The molecule has 0 saturated heterocycles. The SMILES string of the molecule is CC(C)C(=O)NC(C(=O)C(C)C)C(C)C.